The van der Waals surface area contributed by atoms with Crippen LogP contribution in [0.3, 0.4) is 0 Å². The lowest BCUT2D eigenvalue weighted by Crippen LogP contribution is -2.15. The minimum atomic E-state index is -3.82. The largest absolute Gasteiger partial charge is 0.372 e. The van der Waals surface area contributed by atoms with Crippen LogP contribution in [-0.2, 0) is 14.8 Å². The summed E-state index contributed by atoms with van der Waals surface area (Å²) in [5.41, 5.74) is 5.32. The highest BCUT2D eigenvalue weighted by atomic mass is 32.2. The molecule has 0 saturated carbocycles. The molecule has 2 heterocycles. The highest BCUT2D eigenvalue weighted by Crippen LogP contribution is 2.30. The van der Waals surface area contributed by atoms with Gasteiger partial charge in [0.1, 0.15) is 6.20 Å². The van der Waals surface area contributed by atoms with Gasteiger partial charge in [-0.15, -0.1) is 0 Å². The van der Waals surface area contributed by atoms with Gasteiger partial charge in [-0.1, -0.05) is 18.2 Å². The first-order chi connectivity index (χ1) is 12.3. The van der Waals surface area contributed by atoms with Crippen molar-refractivity contribution >= 4 is 33.2 Å². The topological polar surface area (TPSA) is 138 Å². The summed E-state index contributed by atoms with van der Waals surface area (Å²) in [6, 6.07) is 9.36. The number of rotatable bonds is 3. The fraction of sp³-hybridized carbons (Fsp3) is 0.125. The number of nitro groups is 1. The van der Waals surface area contributed by atoms with E-state index in [1.54, 1.807) is 32.0 Å². The quantitative estimate of drug-likeness (QED) is 0.421. The zero-order valence-electron chi connectivity index (χ0n) is 14.0. The number of benzene rings is 1. The molecule has 10 heteroatoms. The molecule has 9 nitrogen and oxygen atoms in total. The Morgan fingerprint density at radius 3 is 2.35 bits per heavy atom. The van der Waals surface area contributed by atoms with Crippen LogP contribution in [-0.4, -0.2) is 28.7 Å². The van der Waals surface area contributed by atoms with Gasteiger partial charge in [0.25, 0.3) is 15.7 Å². The van der Waals surface area contributed by atoms with Gasteiger partial charge in [-0.05, 0) is 31.5 Å². The summed E-state index contributed by atoms with van der Waals surface area (Å²) >= 11 is 0. The molecule has 0 aliphatic rings. The molecule has 0 spiro atoms. The lowest BCUT2D eigenvalue weighted by atomic mass is 10.2. The summed E-state index contributed by atoms with van der Waals surface area (Å²) in [6.07, 6.45) is 1.32. The molecule has 2 N–H and O–H groups in total. The Morgan fingerprint density at radius 1 is 1.23 bits per heavy atom. The van der Waals surface area contributed by atoms with Crippen molar-refractivity contribution in [1.82, 2.24) is 8.96 Å². The van der Waals surface area contributed by atoms with Crippen LogP contribution in [0, 0.1) is 24.0 Å². The second-order valence-electron chi connectivity index (χ2n) is 5.25. The van der Waals surface area contributed by atoms with E-state index in [0.29, 0.717) is 16.6 Å². The predicted molar refractivity (Wildman–Crippen MR) is 95.1 cm³/mol. The fourth-order valence-electron chi connectivity index (χ4n) is 2.48. The standard InChI is InChI=1S/C15H13N3O4S.CH3NO/c1-10-11(2)17(23(21,22)13-6-4-3-5-7-13)15-14(10)8-12(9-16-15)18(19)20;2-1-3/h3-9H,1-2H3;1H,(H2,2,3). The van der Waals surface area contributed by atoms with E-state index in [1.807, 2.05) is 0 Å². The highest BCUT2D eigenvalue weighted by molar-refractivity contribution is 7.90. The summed E-state index contributed by atoms with van der Waals surface area (Å²) in [6.45, 7) is 3.38. The maximum atomic E-state index is 12.9. The molecule has 26 heavy (non-hydrogen) atoms. The average molecular weight is 376 g/mol. The molecule has 0 atom stereocenters. The number of pyridine rings is 1. The number of nitrogens with two attached hydrogens (primary N) is 1. The van der Waals surface area contributed by atoms with Crippen LogP contribution in [0.1, 0.15) is 11.3 Å². The van der Waals surface area contributed by atoms with Crippen LogP contribution in [0.5, 0.6) is 0 Å². The third-order valence-electron chi connectivity index (χ3n) is 3.79. The SMILES string of the molecule is Cc1c(C)n(S(=O)(=O)c2ccccc2)c2ncc([N+](=O)[O-])cc12.NC=O. The van der Waals surface area contributed by atoms with Gasteiger partial charge in [0.2, 0.25) is 6.41 Å². The van der Waals surface area contributed by atoms with Crippen LogP contribution in [0.4, 0.5) is 5.69 Å². The molecule has 3 rings (SSSR count). The number of hydrogen-bond donors (Lipinski definition) is 1. The highest BCUT2D eigenvalue weighted by Gasteiger charge is 2.25. The minimum Gasteiger partial charge on any atom is -0.372 e. The van der Waals surface area contributed by atoms with Gasteiger partial charge in [-0.25, -0.2) is 17.4 Å². The van der Waals surface area contributed by atoms with Gasteiger partial charge in [0.15, 0.2) is 5.65 Å². The minimum absolute atomic E-state index is 0.139. The number of carbonyl (C=O) groups excluding carboxylic acids is 1. The molecule has 0 fully saturated rings. The van der Waals surface area contributed by atoms with E-state index in [0.717, 1.165) is 10.2 Å². The molecule has 1 aromatic carbocycles. The lowest BCUT2D eigenvalue weighted by molar-refractivity contribution is -0.385. The Balaban J connectivity index is 0.000000758. The van der Waals surface area contributed by atoms with E-state index < -0.39 is 14.9 Å². The molecule has 0 aliphatic carbocycles. The van der Waals surface area contributed by atoms with Gasteiger partial charge >= 0.3 is 0 Å². The Kier molecular flexibility index (Phi) is 5.36. The van der Waals surface area contributed by atoms with Crippen LogP contribution >= 0.6 is 0 Å². The molecular weight excluding hydrogens is 360 g/mol. The molecule has 0 aliphatic heterocycles. The predicted octanol–water partition coefficient (Wildman–Crippen LogP) is 1.90. The van der Waals surface area contributed by atoms with E-state index in [9.17, 15) is 18.5 Å². The summed E-state index contributed by atoms with van der Waals surface area (Å²) in [4.78, 5) is 23.1. The van der Waals surface area contributed by atoms with Crippen molar-refractivity contribution in [3.63, 3.8) is 0 Å². The lowest BCUT2D eigenvalue weighted by Gasteiger charge is -2.09. The third kappa shape index (κ3) is 3.26. The van der Waals surface area contributed by atoms with Crippen molar-refractivity contribution in [2.45, 2.75) is 18.7 Å². The first-order valence-corrected chi connectivity index (χ1v) is 8.77. The monoisotopic (exact) mass is 376 g/mol. The smallest absolute Gasteiger partial charge is 0.288 e. The Bertz CT molecular complexity index is 1070. The van der Waals surface area contributed by atoms with E-state index in [4.69, 9.17) is 4.79 Å². The second-order valence-corrected chi connectivity index (χ2v) is 7.04. The number of fused-ring (bicyclic) bond motifs is 1. The molecule has 1 amide bonds. The van der Waals surface area contributed by atoms with Crippen molar-refractivity contribution in [1.29, 1.82) is 0 Å². The summed E-state index contributed by atoms with van der Waals surface area (Å²) in [7, 11) is -3.82. The van der Waals surface area contributed by atoms with E-state index in [-0.39, 0.29) is 22.6 Å². The van der Waals surface area contributed by atoms with E-state index >= 15 is 0 Å². The van der Waals surface area contributed by atoms with Crippen molar-refractivity contribution in [3.05, 3.63) is 64.0 Å². The van der Waals surface area contributed by atoms with E-state index in [2.05, 4.69) is 10.7 Å². The molecule has 3 aromatic rings. The van der Waals surface area contributed by atoms with Crippen LogP contribution in [0.25, 0.3) is 11.0 Å². The molecule has 0 unspecified atom stereocenters. The molecule has 2 aromatic heterocycles. The van der Waals surface area contributed by atoms with Crippen LogP contribution in [0.2, 0.25) is 0 Å². The number of primary amides is 1. The van der Waals surface area contributed by atoms with Gasteiger partial charge in [-0.2, -0.15) is 0 Å². The van der Waals surface area contributed by atoms with Crippen molar-refractivity contribution in [3.8, 4) is 0 Å². The first kappa shape index (κ1) is 19.1. The molecule has 136 valence electrons. The Labute approximate surface area is 149 Å². The van der Waals surface area contributed by atoms with Crippen molar-refractivity contribution in [2.24, 2.45) is 5.73 Å². The number of amides is 1. The normalized spacial score (nSPS) is 10.8. The molecular formula is C16H16N4O5S. The number of aryl methyl sites for hydroxylation is 1. The summed E-state index contributed by atoms with van der Waals surface area (Å²) in [5, 5.41) is 11.4. The summed E-state index contributed by atoms with van der Waals surface area (Å²) < 4.78 is 26.9. The number of aromatic nitrogens is 2. The Morgan fingerprint density at radius 2 is 1.81 bits per heavy atom. The van der Waals surface area contributed by atoms with Crippen LogP contribution < -0.4 is 5.73 Å². The number of carbonyl (C=O) groups is 1. The zero-order valence-corrected chi connectivity index (χ0v) is 14.8. The van der Waals surface area contributed by atoms with Gasteiger partial charge < -0.3 is 5.73 Å². The van der Waals surface area contributed by atoms with Crippen LogP contribution in [0.15, 0.2) is 47.5 Å². The maximum Gasteiger partial charge on any atom is 0.288 e. The van der Waals surface area contributed by atoms with Crippen molar-refractivity contribution in [2.75, 3.05) is 0 Å². The number of hydrogen-bond acceptors (Lipinski definition) is 6. The number of nitrogens with zero attached hydrogens (tertiary/aromatic N) is 3. The molecule has 0 radical (unpaired) electrons. The maximum absolute atomic E-state index is 12.9. The average Bonchev–Trinajstić information content (AvgIpc) is 2.87. The molecule has 0 bridgehead atoms. The zero-order chi connectivity index (χ0) is 19.5. The van der Waals surface area contributed by atoms with Gasteiger partial charge in [0.05, 0.1) is 9.82 Å². The van der Waals surface area contributed by atoms with Gasteiger partial charge in [-0.3, -0.25) is 14.9 Å². The Hall–Kier alpha value is -3.27. The van der Waals surface area contributed by atoms with Gasteiger partial charge in [0, 0.05) is 17.1 Å². The first-order valence-electron chi connectivity index (χ1n) is 7.33. The van der Waals surface area contributed by atoms with E-state index in [1.165, 1.54) is 18.2 Å². The second kappa shape index (κ2) is 7.31. The summed E-state index contributed by atoms with van der Waals surface area (Å²) in [5.74, 6) is 0. The fourth-order valence-corrected chi connectivity index (χ4v) is 4.06. The van der Waals surface area contributed by atoms with Crippen molar-refractivity contribution < 1.29 is 18.1 Å². The molecule has 0 saturated heterocycles. The third-order valence-corrected chi connectivity index (χ3v) is 5.58.